The minimum absolute atomic E-state index is 0.0000357. The molecule has 1 unspecified atom stereocenters. The van der Waals surface area contributed by atoms with Gasteiger partial charge in [0.2, 0.25) is 12.3 Å². The van der Waals surface area contributed by atoms with Crippen molar-refractivity contribution in [3.8, 4) is 5.69 Å². The van der Waals surface area contributed by atoms with Gasteiger partial charge in [0.1, 0.15) is 5.69 Å². The van der Waals surface area contributed by atoms with E-state index in [0.29, 0.717) is 0 Å². The van der Waals surface area contributed by atoms with Crippen LogP contribution in [0.25, 0.3) is 5.69 Å². The number of hydrogen-bond donors (Lipinski definition) is 3. The first kappa shape index (κ1) is 27.1. The molecule has 3 N–H and O–H groups in total. The Morgan fingerprint density at radius 1 is 0.975 bits per heavy atom. The Morgan fingerprint density at radius 2 is 1.55 bits per heavy atom. The van der Waals surface area contributed by atoms with Gasteiger partial charge in [-0.25, -0.2) is 37.1 Å². The summed E-state index contributed by atoms with van der Waals surface area (Å²) in [6.07, 6.45) is -2.04. The van der Waals surface area contributed by atoms with E-state index in [1.54, 1.807) is 0 Å². The summed E-state index contributed by atoms with van der Waals surface area (Å²) in [5, 5.41) is 21.9. The molecule has 3 heterocycles. The number of aliphatic hydroxyl groups excluding tert-OH is 1. The first-order valence-electron chi connectivity index (χ1n) is 12.4. The molecule has 1 fully saturated rings. The normalized spacial score (nSPS) is 18.9. The van der Waals surface area contributed by atoms with E-state index in [4.69, 9.17) is 9.84 Å². The van der Waals surface area contributed by atoms with Crippen LogP contribution in [0.15, 0.2) is 46.0 Å². The van der Waals surface area contributed by atoms with Crippen molar-refractivity contribution in [2.45, 2.75) is 32.5 Å². The predicted octanol–water partition coefficient (Wildman–Crippen LogP) is -0.0855. The van der Waals surface area contributed by atoms with E-state index < -0.39 is 41.5 Å². The molecule has 0 aliphatic carbocycles. The summed E-state index contributed by atoms with van der Waals surface area (Å²) >= 11 is 0. The number of halogens is 2. The number of carbonyl (C=O) groups is 2. The average molecular weight is 561 g/mol. The second kappa shape index (κ2) is 10.6. The summed E-state index contributed by atoms with van der Waals surface area (Å²) in [4.78, 5) is 51.1. The van der Waals surface area contributed by atoms with Gasteiger partial charge in [0.05, 0.1) is 37.0 Å². The van der Waals surface area contributed by atoms with Crippen LogP contribution in [0.5, 0.6) is 0 Å². The van der Waals surface area contributed by atoms with E-state index in [1.807, 2.05) is 0 Å². The molecule has 3 aromatic rings. The number of anilines is 2. The third kappa shape index (κ3) is 4.96. The highest BCUT2D eigenvalue weighted by atomic mass is 19.1. The minimum atomic E-state index is -1.46. The Kier molecular flexibility index (Phi) is 7.16. The van der Waals surface area contributed by atoms with Crippen molar-refractivity contribution in [2.24, 2.45) is 0 Å². The molecule has 0 saturated carbocycles. The molecule has 0 spiro atoms. The van der Waals surface area contributed by atoms with Crippen LogP contribution in [0.3, 0.4) is 0 Å². The van der Waals surface area contributed by atoms with E-state index in [0.717, 1.165) is 16.7 Å². The highest BCUT2D eigenvalue weighted by Crippen LogP contribution is 2.32. The highest BCUT2D eigenvalue weighted by Gasteiger charge is 2.33. The fourth-order valence-corrected chi connectivity index (χ4v) is 4.91. The van der Waals surface area contributed by atoms with Gasteiger partial charge < -0.3 is 30.1 Å². The van der Waals surface area contributed by atoms with Crippen molar-refractivity contribution in [1.29, 1.82) is 0 Å². The molecule has 15 heteroatoms. The summed E-state index contributed by atoms with van der Waals surface area (Å²) in [5.74, 6) is -3.23. The van der Waals surface area contributed by atoms with Crippen LogP contribution >= 0.6 is 0 Å². The lowest BCUT2D eigenvalue weighted by atomic mass is 10.2. The molecule has 1 saturated heterocycles. The fraction of sp³-hybridized carbons (Fsp3) is 0.360. The van der Waals surface area contributed by atoms with Crippen molar-refractivity contribution in [1.82, 2.24) is 19.2 Å². The standard InChI is InChI=1S/C25H26F2N6O7/c1-14(34)28-12-18-13-30(25(39)40-18)17-10-19(26)21(20(27)11-17)29-6-8-31-23(37)33(24(38)32(31)9-7-29)16-4-2-15(3-5-16)22(35)36/h2-5,10-11,18,25,39H,6-9,12-13H2,1H3,(H,28,34)(H,35,36)/t18-,25?/m0/s1. The zero-order valence-electron chi connectivity index (χ0n) is 21.3. The van der Waals surface area contributed by atoms with Crippen LogP contribution in [0, 0.1) is 11.6 Å². The number of aromatic nitrogens is 3. The number of rotatable bonds is 6. The second-order valence-corrected chi connectivity index (χ2v) is 9.42. The number of carboxylic acid groups (broad SMARTS) is 1. The molecule has 2 aliphatic heterocycles. The minimum Gasteiger partial charge on any atom is -0.478 e. The maximum absolute atomic E-state index is 15.3. The lowest BCUT2D eigenvalue weighted by Gasteiger charge is -2.26. The van der Waals surface area contributed by atoms with E-state index in [-0.39, 0.29) is 67.8 Å². The molecule has 0 radical (unpaired) electrons. The maximum atomic E-state index is 15.3. The van der Waals surface area contributed by atoms with Crippen LogP contribution in [0.1, 0.15) is 17.3 Å². The Morgan fingerprint density at radius 3 is 2.08 bits per heavy atom. The number of aliphatic hydroxyl groups is 1. The summed E-state index contributed by atoms with van der Waals surface area (Å²) in [7, 11) is 0. The van der Waals surface area contributed by atoms with Crippen LogP contribution in [-0.4, -0.2) is 74.7 Å². The number of fused-ring (bicyclic) bond motifs is 1. The first-order valence-corrected chi connectivity index (χ1v) is 12.4. The molecule has 2 aromatic carbocycles. The van der Waals surface area contributed by atoms with Crippen LogP contribution < -0.4 is 26.5 Å². The second-order valence-electron chi connectivity index (χ2n) is 9.42. The Labute approximate surface area is 225 Å². The van der Waals surface area contributed by atoms with Gasteiger partial charge in [0, 0.05) is 32.2 Å². The van der Waals surface area contributed by atoms with Gasteiger partial charge in [-0.15, -0.1) is 0 Å². The van der Waals surface area contributed by atoms with Crippen molar-refractivity contribution in [2.75, 3.05) is 36.0 Å². The molecular weight excluding hydrogens is 534 g/mol. The van der Waals surface area contributed by atoms with E-state index >= 15 is 8.78 Å². The number of benzene rings is 2. The van der Waals surface area contributed by atoms with Gasteiger partial charge >= 0.3 is 17.3 Å². The zero-order valence-corrected chi connectivity index (χ0v) is 21.3. The van der Waals surface area contributed by atoms with E-state index in [9.17, 15) is 24.3 Å². The molecule has 13 nitrogen and oxygen atoms in total. The Balaban J connectivity index is 1.35. The molecule has 40 heavy (non-hydrogen) atoms. The first-order chi connectivity index (χ1) is 19.0. The number of nitrogens with one attached hydrogen (secondary N) is 1. The fourth-order valence-electron chi connectivity index (χ4n) is 4.91. The summed E-state index contributed by atoms with van der Waals surface area (Å²) in [6, 6.07) is 7.41. The van der Waals surface area contributed by atoms with E-state index in [1.165, 1.54) is 50.4 Å². The molecule has 1 aromatic heterocycles. The van der Waals surface area contributed by atoms with Gasteiger partial charge in [-0.3, -0.25) is 4.79 Å². The topological polar surface area (TPSA) is 151 Å². The number of carboxylic acids is 1. The third-order valence-electron chi connectivity index (χ3n) is 6.86. The van der Waals surface area contributed by atoms with Gasteiger partial charge in [0.15, 0.2) is 11.6 Å². The average Bonchev–Trinajstić information content (AvgIpc) is 3.28. The molecule has 2 atom stereocenters. The molecule has 5 rings (SSSR count). The van der Waals surface area contributed by atoms with Crippen molar-refractivity contribution < 1.29 is 33.3 Å². The van der Waals surface area contributed by atoms with Gasteiger partial charge in [-0.05, 0) is 36.4 Å². The smallest absolute Gasteiger partial charge is 0.351 e. The van der Waals surface area contributed by atoms with Crippen molar-refractivity contribution in [3.63, 3.8) is 0 Å². The van der Waals surface area contributed by atoms with Gasteiger partial charge in [-0.1, -0.05) is 0 Å². The summed E-state index contributed by atoms with van der Waals surface area (Å²) < 4.78 is 39.2. The maximum Gasteiger partial charge on any atom is 0.351 e. The number of hydrogen-bond acceptors (Lipinski definition) is 8. The van der Waals surface area contributed by atoms with E-state index in [2.05, 4.69) is 5.32 Å². The van der Waals surface area contributed by atoms with Crippen LogP contribution in [0.2, 0.25) is 0 Å². The van der Waals surface area contributed by atoms with Gasteiger partial charge in [-0.2, -0.15) is 0 Å². The lowest BCUT2D eigenvalue weighted by Crippen LogP contribution is -2.34. The number of carbonyl (C=O) groups excluding carboxylic acids is 1. The number of nitrogens with zero attached hydrogens (tertiary/aromatic N) is 5. The molecular formula is C25H26F2N6O7. The van der Waals surface area contributed by atoms with Crippen molar-refractivity contribution >= 4 is 23.3 Å². The number of amides is 1. The van der Waals surface area contributed by atoms with Gasteiger partial charge in [0.25, 0.3) is 0 Å². The van der Waals surface area contributed by atoms with Crippen LogP contribution in [0.4, 0.5) is 20.2 Å². The Hall–Kier alpha value is -4.50. The largest absolute Gasteiger partial charge is 0.478 e. The Bertz CT molecular complexity index is 1520. The predicted molar refractivity (Wildman–Crippen MR) is 137 cm³/mol. The van der Waals surface area contributed by atoms with Crippen molar-refractivity contribution in [3.05, 3.63) is 74.6 Å². The molecule has 1 amide bonds. The summed E-state index contributed by atoms with van der Waals surface area (Å²) in [6.45, 7) is 1.49. The third-order valence-corrected chi connectivity index (χ3v) is 6.86. The zero-order chi connectivity index (χ0) is 28.7. The molecule has 2 aliphatic rings. The summed E-state index contributed by atoms with van der Waals surface area (Å²) in [5.41, 5.74) is -1.42. The van der Waals surface area contributed by atoms with Crippen LogP contribution in [-0.2, 0) is 22.6 Å². The lowest BCUT2D eigenvalue weighted by molar-refractivity contribution is -0.121. The number of ether oxygens (including phenoxy) is 1. The molecule has 0 bridgehead atoms. The quantitative estimate of drug-likeness (QED) is 0.376. The highest BCUT2D eigenvalue weighted by molar-refractivity contribution is 5.87. The number of aromatic carboxylic acids is 1. The molecule has 212 valence electrons. The SMILES string of the molecule is CC(=O)NC[C@H]1CN(c2cc(F)c(N3CCn4c(=O)n(-c5ccc(C(=O)O)cc5)c(=O)n4CC3)c(F)c2)C(O)O1. The monoisotopic (exact) mass is 560 g/mol.